The number of benzene rings is 1. The maximum absolute atomic E-state index is 12.4. The van der Waals surface area contributed by atoms with E-state index in [-0.39, 0.29) is 24.3 Å². The number of amides is 1. The number of ketones is 1. The first-order chi connectivity index (χ1) is 12.1. The van der Waals surface area contributed by atoms with E-state index in [0.29, 0.717) is 36.9 Å². The minimum absolute atomic E-state index is 0.0667. The smallest absolute Gasteiger partial charge is 0.240 e. The van der Waals surface area contributed by atoms with Gasteiger partial charge in [-0.15, -0.1) is 11.3 Å². The van der Waals surface area contributed by atoms with Gasteiger partial charge in [-0.05, 0) is 6.92 Å². The van der Waals surface area contributed by atoms with Crippen LogP contribution >= 0.6 is 11.3 Å². The van der Waals surface area contributed by atoms with Crippen LogP contribution in [0.4, 0.5) is 5.13 Å². The highest BCUT2D eigenvalue weighted by atomic mass is 32.1. The van der Waals surface area contributed by atoms with E-state index >= 15 is 0 Å². The fourth-order valence-electron chi connectivity index (χ4n) is 2.80. The van der Waals surface area contributed by atoms with E-state index in [1.807, 2.05) is 47.5 Å². The Morgan fingerprint density at radius 3 is 2.88 bits per heavy atom. The zero-order valence-electron chi connectivity index (χ0n) is 14.1. The number of Topliss-reactive ketones (excluding diaryl/α,β-unsaturated/α-hetero) is 1. The van der Waals surface area contributed by atoms with Gasteiger partial charge >= 0.3 is 0 Å². The Balaban J connectivity index is 1.58. The minimum Gasteiger partial charge on any atom is -0.378 e. The van der Waals surface area contributed by atoms with Gasteiger partial charge in [-0.3, -0.25) is 14.5 Å². The third-order valence-corrected chi connectivity index (χ3v) is 4.95. The third kappa shape index (κ3) is 4.94. The number of hydrogen-bond acceptors (Lipinski definition) is 6. The van der Waals surface area contributed by atoms with Crippen LogP contribution in [0.2, 0.25) is 0 Å². The van der Waals surface area contributed by atoms with Gasteiger partial charge in [0.2, 0.25) is 5.91 Å². The molecule has 0 spiro atoms. The minimum atomic E-state index is -0.117. The molecule has 0 radical (unpaired) electrons. The molecule has 1 amide bonds. The number of nitrogens with zero attached hydrogens (tertiary/aromatic N) is 2. The third-order valence-electron chi connectivity index (χ3n) is 4.08. The van der Waals surface area contributed by atoms with Gasteiger partial charge in [0.1, 0.15) is 0 Å². The molecule has 6 nitrogen and oxygen atoms in total. The number of thiazole rings is 1. The molecule has 2 heterocycles. The number of carbonyl (C=O) groups is 2. The molecular weight excluding hydrogens is 338 g/mol. The van der Waals surface area contributed by atoms with E-state index in [0.717, 1.165) is 5.69 Å². The fourth-order valence-corrected chi connectivity index (χ4v) is 3.50. The van der Waals surface area contributed by atoms with Gasteiger partial charge in [0, 0.05) is 30.0 Å². The van der Waals surface area contributed by atoms with Crippen LogP contribution in [0.1, 0.15) is 22.5 Å². The second-order valence-corrected chi connectivity index (χ2v) is 6.89. The monoisotopic (exact) mass is 359 g/mol. The zero-order chi connectivity index (χ0) is 17.6. The predicted octanol–water partition coefficient (Wildman–Crippen LogP) is 2.36. The average Bonchev–Trinajstić information content (AvgIpc) is 3.02. The maximum atomic E-state index is 12.4. The molecule has 1 atom stereocenters. The van der Waals surface area contributed by atoms with Crippen molar-refractivity contribution in [2.75, 3.05) is 31.6 Å². The van der Waals surface area contributed by atoms with Crippen LogP contribution in [-0.2, 0) is 9.53 Å². The number of hydrogen-bond donors (Lipinski definition) is 1. The van der Waals surface area contributed by atoms with E-state index in [9.17, 15) is 9.59 Å². The lowest BCUT2D eigenvalue weighted by Gasteiger charge is -2.34. The zero-order valence-corrected chi connectivity index (χ0v) is 14.9. The Kier molecular flexibility index (Phi) is 5.91. The summed E-state index contributed by atoms with van der Waals surface area (Å²) < 4.78 is 5.52. The highest BCUT2D eigenvalue weighted by Crippen LogP contribution is 2.16. The fraction of sp³-hybridized carbons (Fsp3) is 0.389. The molecule has 1 saturated heterocycles. The standard InChI is InChI=1S/C18H21N3O3S/c1-13-12-25-18(19-13)20-17(23)10-21-7-8-24-11-15(21)9-16(22)14-5-3-2-4-6-14/h2-6,12,15H,7-11H2,1H3,(H,19,20,23)/t15-/m0/s1. The first-order valence-electron chi connectivity index (χ1n) is 8.24. The van der Waals surface area contributed by atoms with Crippen molar-refractivity contribution in [2.45, 2.75) is 19.4 Å². The van der Waals surface area contributed by atoms with E-state index in [1.165, 1.54) is 11.3 Å². The number of morpholine rings is 1. The Labute approximate surface area is 150 Å². The summed E-state index contributed by atoms with van der Waals surface area (Å²) in [6.07, 6.45) is 0.341. The van der Waals surface area contributed by atoms with E-state index < -0.39 is 0 Å². The maximum Gasteiger partial charge on any atom is 0.240 e. The second-order valence-electron chi connectivity index (χ2n) is 6.03. The topological polar surface area (TPSA) is 71.5 Å². The Hall–Kier alpha value is -2.09. The van der Waals surface area contributed by atoms with Crippen LogP contribution in [0.5, 0.6) is 0 Å². The Morgan fingerprint density at radius 2 is 2.16 bits per heavy atom. The molecule has 1 aromatic carbocycles. The van der Waals surface area contributed by atoms with Gasteiger partial charge in [-0.1, -0.05) is 30.3 Å². The molecule has 1 fully saturated rings. The highest BCUT2D eigenvalue weighted by Gasteiger charge is 2.27. The summed E-state index contributed by atoms with van der Waals surface area (Å²) in [5.41, 5.74) is 1.58. The van der Waals surface area contributed by atoms with Gasteiger partial charge in [0.15, 0.2) is 10.9 Å². The highest BCUT2D eigenvalue weighted by molar-refractivity contribution is 7.13. The molecule has 25 heavy (non-hydrogen) atoms. The number of carbonyl (C=O) groups excluding carboxylic acids is 2. The van der Waals surface area contributed by atoms with Crippen molar-refractivity contribution in [1.29, 1.82) is 0 Å². The van der Waals surface area contributed by atoms with Gasteiger partial charge in [0.05, 0.1) is 25.5 Å². The number of ether oxygens (including phenoxy) is 1. The normalized spacial score (nSPS) is 18.0. The molecule has 1 N–H and O–H groups in total. The number of nitrogens with one attached hydrogen (secondary N) is 1. The van der Waals surface area contributed by atoms with Crippen LogP contribution < -0.4 is 5.32 Å². The number of aryl methyl sites for hydroxylation is 1. The summed E-state index contributed by atoms with van der Waals surface area (Å²) in [5.74, 6) is -0.0505. The van der Waals surface area contributed by atoms with Gasteiger partial charge in [-0.2, -0.15) is 0 Å². The van der Waals surface area contributed by atoms with Gasteiger partial charge in [-0.25, -0.2) is 4.98 Å². The summed E-state index contributed by atoms with van der Waals surface area (Å²) in [7, 11) is 0. The molecule has 7 heteroatoms. The van der Waals surface area contributed by atoms with Crippen molar-refractivity contribution in [2.24, 2.45) is 0 Å². The van der Waals surface area contributed by atoms with Crippen molar-refractivity contribution >= 4 is 28.2 Å². The molecule has 0 unspecified atom stereocenters. The lowest BCUT2D eigenvalue weighted by molar-refractivity contribution is -0.119. The summed E-state index contributed by atoms with van der Waals surface area (Å²) in [6.45, 7) is 3.78. The molecule has 3 rings (SSSR count). The van der Waals surface area contributed by atoms with Crippen LogP contribution in [0.25, 0.3) is 0 Å². The molecule has 132 valence electrons. The first kappa shape index (κ1) is 17.7. The summed E-state index contributed by atoms with van der Waals surface area (Å²) in [4.78, 5) is 31.0. The van der Waals surface area contributed by atoms with Gasteiger partial charge in [0.25, 0.3) is 0 Å². The summed E-state index contributed by atoms with van der Waals surface area (Å²) >= 11 is 1.41. The van der Waals surface area contributed by atoms with Crippen LogP contribution in [0.3, 0.4) is 0 Å². The van der Waals surface area contributed by atoms with Crippen molar-refractivity contribution in [3.63, 3.8) is 0 Å². The summed E-state index contributed by atoms with van der Waals surface area (Å²) in [5, 5.41) is 5.32. The van der Waals surface area contributed by atoms with Crippen molar-refractivity contribution in [3.8, 4) is 0 Å². The quantitative estimate of drug-likeness (QED) is 0.802. The van der Waals surface area contributed by atoms with Crippen LogP contribution in [0, 0.1) is 6.92 Å². The molecule has 0 bridgehead atoms. The molecule has 1 aromatic heterocycles. The largest absolute Gasteiger partial charge is 0.378 e. The van der Waals surface area contributed by atoms with Crippen LogP contribution in [-0.4, -0.2) is 53.9 Å². The van der Waals surface area contributed by atoms with Crippen molar-refractivity contribution in [3.05, 3.63) is 47.0 Å². The average molecular weight is 359 g/mol. The van der Waals surface area contributed by atoms with E-state index in [2.05, 4.69) is 10.3 Å². The number of aromatic nitrogens is 1. The lowest BCUT2D eigenvalue weighted by Crippen LogP contribution is -2.49. The first-order valence-corrected chi connectivity index (χ1v) is 9.12. The molecule has 0 saturated carbocycles. The Morgan fingerprint density at radius 1 is 1.36 bits per heavy atom. The van der Waals surface area contributed by atoms with Gasteiger partial charge < -0.3 is 10.1 Å². The predicted molar refractivity (Wildman–Crippen MR) is 97.1 cm³/mol. The number of anilines is 1. The number of rotatable bonds is 6. The Bertz CT molecular complexity index is 732. The van der Waals surface area contributed by atoms with E-state index in [1.54, 1.807) is 0 Å². The lowest BCUT2D eigenvalue weighted by atomic mass is 10.0. The molecule has 2 aromatic rings. The molecule has 0 aliphatic carbocycles. The van der Waals surface area contributed by atoms with E-state index in [4.69, 9.17) is 4.74 Å². The van der Waals surface area contributed by atoms with Crippen molar-refractivity contribution < 1.29 is 14.3 Å². The van der Waals surface area contributed by atoms with Crippen molar-refractivity contribution in [1.82, 2.24) is 9.88 Å². The SMILES string of the molecule is Cc1csc(NC(=O)CN2CCOC[C@@H]2CC(=O)c2ccccc2)n1. The second kappa shape index (κ2) is 8.33. The summed E-state index contributed by atoms with van der Waals surface area (Å²) in [6, 6.07) is 9.13. The van der Waals surface area contributed by atoms with Crippen LogP contribution in [0.15, 0.2) is 35.7 Å². The molecular formula is C18H21N3O3S. The molecule has 1 aliphatic heterocycles. The molecule has 1 aliphatic rings.